The van der Waals surface area contributed by atoms with E-state index < -0.39 is 5.60 Å². The number of aromatic nitrogens is 3. The van der Waals surface area contributed by atoms with Gasteiger partial charge < -0.3 is 25.0 Å². The zero-order valence-electron chi connectivity index (χ0n) is 20.4. The highest BCUT2D eigenvalue weighted by Crippen LogP contribution is 2.29. The average molecular weight is 468 g/mol. The first kappa shape index (κ1) is 25.3. The molecule has 0 radical (unpaired) electrons. The van der Waals surface area contributed by atoms with Crippen LogP contribution < -0.4 is 10.6 Å². The number of pyridine rings is 1. The number of carbonyl (C=O) groups excluding carboxylic acids is 2. The third kappa shape index (κ3) is 6.39. The monoisotopic (exact) mass is 467 g/mol. The predicted molar refractivity (Wildman–Crippen MR) is 132 cm³/mol. The molecule has 1 atom stereocenters. The van der Waals surface area contributed by atoms with E-state index in [-0.39, 0.29) is 24.5 Å². The summed E-state index contributed by atoms with van der Waals surface area (Å²) < 4.78 is 6.78. The molecule has 9 heteroatoms. The highest BCUT2D eigenvalue weighted by atomic mass is 16.5. The molecule has 0 saturated carbocycles. The third-order valence-electron chi connectivity index (χ3n) is 5.51. The highest BCUT2D eigenvalue weighted by molar-refractivity contribution is 6.08. The van der Waals surface area contributed by atoms with Crippen LogP contribution in [0.1, 0.15) is 50.4 Å². The molecule has 0 aliphatic rings. The Morgan fingerprint density at radius 1 is 1.24 bits per heavy atom. The molecule has 182 valence electrons. The van der Waals surface area contributed by atoms with Crippen LogP contribution in [-0.2, 0) is 16.6 Å². The second kappa shape index (κ2) is 10.8. The Hall–Kier alpha value is -3.30. The summed E-state index contributed by atoms with van der Waals surface area (Å²) in [5.41, 5.74) is 2.26. The highest BCUT2D eigenvalue weighted by Gasteiger charge is 2.21. The van der Waals surface area contributed by atoms with Gasteiger partial charge >= 0.3 is 0 Å². The Morgan fingerprint density at radius 2 is 1.94 bits per heavy atom. The molecule has 2 aromatic heterocycles. The second-order valence-electron chi connectivity index (χ2n) is 9.18. The molecule has 1 aromatic carbocycles. The summed E-state index contributed by atoms with van der Waals surface area (Å²) in [6.45, 7) is 5.40. The van der Waals surface area contributed by atoms with Gasteiger partial charge in [-0.1, -0.05) is 0 Å². The maximum absolute atomic E-state index is 13.3. The maximum Gasteiger partial charge on any atom is 0.253 e. The molecular weight excluding hydrogens is 434 g/mol. The van der Waals surface area contributed by atoms with Crippen LogP contribution in [0.4, 0.5) is 5.69 Å². The lowest BCUT2D eigenvalue weighted by Gasteiger charge is -2.19. The molecule has 0 aliphatic carbocycles. The largest absolute Gasteiger partial charge is 0.390 e. The molecule has 0 unspecified atom stereocenters. The molecule has 9 nitrogen and oxygen atoms in total. The van der Waals surface area contributed by atoms with Gasteiger partial charge in [0.2, 0.25) is 5.91 Å². The van der Waals surface area contributed by atoms with E-state index in [1.165, 1.54) is 7.11 Å². The van der Waals surface area contributed by atoms with E-state index in [0.717, 1.165) is 18.4 Å². The van der Waals surface area contributed by atoms with Gasteiger partial charge in [0.05, 0.1) is 22.2 Å². The van der Waals surface area contributed by atoms with Crippen LogP contribution in [0.15, 0.2) is 36.7 Å². The van der Waals surface area contributed by atoms with E-state index in [1.807, 2.05) is 30.7 Å². The van der Waals surface area contributed by atoms with E-state index in [0.29, 0.717) is 34.5 Å². The number of fused-ring (bicyclic) bond motifs is 1. The van der Waals surface area contributed by atoms with Crippen LogP contribution in [0, 0.1) is 0 Å². The van der Waals surface area contributed by atoms with Crippen molar-refractivity contribution in [2.75, 3.05) is 19.0 Å². The van der Waals surface area contributed by atoms with Gasteiger partial charge in [-0.25, -0.2) is 4.98 Å². The Labute approximate surface area is 199 Å². The van der Waals surface area contributed by atoms with E-state index in [1.54, 1.807) is 38.4 Å². The molecule has 3 N–H and O–H groups in total. The first-order valence-electron chi connectivity index (χ1n) is 11.3. The summed E-state index contributed by atoms with van der Waals surface area (Å²) in [6, 6.07) is 7.02. The van der Waals surface area contributed by atoms with Crippen molar-refractivity contribution < 1.29 is 19.4 Å². The average Bonchev–Trinajstić information content (AvgIpc) is 3.09. The van der Waals surface area contributed by atoms with E-state index in [2.05, 4.69) is 15.6 Å². The standard InChI is InChI=1S/C25H33N5O4/c1-16(7-6-10-25(2,3)33)27-24(32)19-13-18(28-21(31)15-34-5)14-20-22(19)30(4)23(29-20)17-8-11-26-12-9-17/h8-9,11-14,16,33H,6-7,10,15H2,1-5H3,(H,27,32)(H,28,31)/t16-/m1/s1. The van der Waals surface area contributed by atoms with Gasteiger partial charge in [-0.2, -0.15) is 0 Å². The number of aliphatic hydroxyl groups is 1. The van der Waals surface area contributed by atoms with Crippen LogP contribution in [0.2, 0.25) is 0 Å². The number of hydrogen-bond acceptors (Lipinski definition) is 6. The van der Waals surface area contributed by atoms with Crippen molar-refractivity contribution in [1.82, 2.24) is 19.9 Å². The minimum Gasteiger partial charge on any atom is -0.390 e. The lowest BCUT2D eigenvalue weighted by Crippen LogP contribution is -2.33. The number of carbonyl (C=O) groups is 2. The molecule has 34 heavy (non-hydrogen) atoms. The van der Waals surface area contributed by atoms with Crippen LogP contribution >= 0.6 is 0 Å². The number of imidazole rings is 1. The fraction of sp³-hybridized carbons (Fsp3) is 0.440. The van der Waals surface area contributed by atoms with Crippen molar-refractivity contribution in [2.24, 2.45) is 7.05 Å². The maximum atomic E-state index is 13.3. The van der Waals surface area contributed by atoms with Crippen molar-refractivity contribution in [3.8, 4) is 11.4 Å². The van der Waals surface area contributed by atoms with Gasteiger partial charge in [0.25, 0.3) is 5.91 Å². The number of methoxy groups -OCH3 is 1. The number of rotatable bonds is 10. The Morgan fingerprint density at radius 3 is 2.59 bits per heavy atom. The first-order chi connectivity index (χ1) is 16.1. The van der Waals surface area contributed by atoms with Crippen LogP contribution in [0.5, 0.6) is 0 Å². The zero-order chi connectivity index (χ0) is 24.9. The van der Waals surface area contributed by atoms with Gasteiger partial charge in [0.1, 0.15) is 12.4 Å². The number of nitrogens with one attached hydrogen (secondary N) is 2. The molecule has 3 rings (SSSR count). The van der Waals surface area contributed by atoms with Crippen molar-refractivity contribution in [2.45, 2.75) is 51.7 Å². The van der Waals surface area contributed by atoms with Crippen molar-refractivity contribution >= 4 is 28.5 Å². The van der Waals surface area contributed by atoms with Crippen molar-refractivity contribution in [3.63, 3.8) is 0 Å². The van der Waals surface area contributed by atoms with Gasteiger partial charge in [0.15, 0.2) is 0 Å². The number of benzene rings is 1. The summed E-state index contributed by atoms with van der Waals surface area (Å²) in [7, 11) is 3.30. The molecule has 0 spiro atoms. The summed E-state index contributed by atoms with van der Waals surface area (Å²) in [5, 5.41) is 15.8. The molecule has 2 amide bonds. The third-order valence-corrected chi connectivity index (χ3v) is 5.51. The van der Waals surface area contributed by atoms with Gasteiger partial charge in [0, 0.05) is 43.8 Å². The Bertz CT molecular complexity index is 1150. The number of amides is 2. The first-order valence-corrected chi connectivity index (χ1v) is 11.3. The van der Waals surface area contributed by atoms with E-state index in [4.69, 9.17) is 9.72 Å². The molecular formula is C25H33N5O4. The predicted octanol–water partition coefficient (Wildman–Crippen LogP) is 3.28. The number of nitrogens with zero attached hydrogens (tertiary/aromatic N) is 3. The molecule has 3 aromatic rings. The smallest absolute Gasteiger partial charge is 0.253 e. The molecule has 2 heterocycles. The number of ether oxygens (including phenoxy) is 1. The molecule has 0 aliphatic heterocycles. The zero-order valence-corrected chi connectivity index (χ0v) is 20.4. The van der Waals surface area contributed by atoms with Crippen LogP contribution in [0.25, 0.3) is 22.4 Å². The quantitative estimate of drug-likeness (QED) is 0.421. The molecule has 0 bridgehead atoms. The fourth-order valence-electron chi connectivity index (χ4n) is 3.90. The van der Waals surface area contributed by atoms with Gasteiger partial charge in [-0.3, -0.25) is 14.6 Å². The SMILES string of the molecule is COCC(=O)Nc1cc(C(=O)N[C@H](C)CCCC(C)(C)O)c2c(c1)nc(-c1ccncc1)n2C. The number of anilines is 1. The summed E-state index contributed by atoms with van der Waals surface area (Å²) in [5.74, 6) is 0.108. The molecule has 0 fully saturated rings. The van der Waals surface area contributed by atoms with E-state index in [9.17, 15) is 14.7 Å². The van der Waals surface area contributed by atoms with Crippen molar-refractivity contribution in [3.05, 3.63) is 42.2 Å². The van der Waals surface area contributed by atoms with Crippen molar-refractivity contribution in [1.29, 1.82) is 0 Å². The normalized spacial score (nSPS) is 12.5. The lowest BCUT2D eigenvalue weighted by molar-refractivity contribution is -0.119. The second-order valence-corrected chi connectivity index (χ2v) is 9.18. The minimum absolute atomic E-state index is 0.0930. The topological polar surface area (TPSA) is 118 Å². The van der Waals surface area contributed by atoms with E-state index >= 15 is 0 Å². The van der Waals surface area contributed by atoms with Crippen LogP contribution in [0.3, 0.4) is 0 Å². The summed E-state index contributed by atoms with van der Waals surface area (Å²) in [4.78, 5) is 34.3. The fourth-order valence-corrected chi connectivity index (χ4v) is 3.90. The summed E-state index contributed by atoms with van der Waals surface area (Å²) >= 11 is 0. The van der Waals surface area contributed by atoms with Gasteiger partial charge in [-0.05, 0) is 64.3 Å². The summed E-state index contributed by atoms with van der Waals surface area (Å²) in [6.07, 6.45) is 5.54. The number of hydrogen-bond donors (Lipinski definition) is 3. The molecule has 0 saturated heterocycles. The number of aryl methyl sites for hydroxylation is 1. The lowest BCUT2D eigenvalue weighted by atomic mass is 9.99. The van der Waals surface area contributed by atoms with Crippen LogP contribution in [-0.4, -0.2) is 56.8 Å². The minimum atomic E-state index is -0.733. The Balaban J connectivity index is 1.95. The Kier molecular flexibility index (Phi) is 8.01. The van der Waals surface area contributed by atoms with Gasteiger partial charge in [-0.15, -0.1) is 0 Å².